The van der Waals surface area contributed by atoms with Crippen LogP contribution in [0.15, 0.2) is 24.4 Å². The lowest BCUT2D eigenvalue weighted by Crippen LogP contribution is -2.45. The van der Waals surface area contributed by atoms with Crippen LogP contribution in [-0.4, -0.2) is 22.9 Å². The minimum Gasteiger partial charge on any atom is -0.482 e. The number of ether oxygens (including phenoxy) is 1. The van der Waals surface area contributed by atoms with Gasteiger partial charge in [0.05, 0.1) is 11.9 Å². The highest BCUT2D eigenvalue weighted by Gasteiger charge is 2.43. The molecule has 2 aliphatic rings. The van der Waals surface area contributed by atoms with Gasteiger partial charge in [-0.15, -0.1) is 0 Å². The Morgan fingerprint density at radius 2 is 2.10 bits per heavy atom. The molecule has 4 rings (SSSR count). The molecule has 2 aliphatic heterocycles. The van der Waals surface area contributed by atoms with Crippen LogP contribution >= 0.6 is 0 Å². The highest BCUT2D eigenvalue weighted by molar-refractivity contribution is 5.74. The van der Waals surface area contributed by atoms with E-state index >= 15 is 0 Å². The van der Waals surface area contributed by atoms with Crippen LogP contribution in [0.5, 0.6) is 5.75 Å². The first-order valence-electron chi connectivity index (χ1n) is 7.23. The molecule has 1 saturated heterocycles. The molecule has 3 heterocycles. The molecule has 0 amide bonds. The lowest BCUT2D eigenvalue weighted by atomic mass is 9.81. The maximum Gasteiger partial charge on any atom is 0.140 e. The van der Waals surface area contributed by atoms with Crippen molar-refractivity contribution < 1.29 is 4.74 Å². The third-order valence-electron chi connectivity index (χ3n) is 4.54. The van der Waals surface area contributed by atoms with E-state index in [1.807, 2.05) is 17.9 Å². The molecule has 0 aliphatic carbocycles. The fourth-order valence-corrected chi connectivity index (χ4v) is 3.48. The Bertz CT molecular complexity index is 668. The van der Waals surface area contributed by atoms with Gasteiger partial charge in [0.25, 0.3) is 0 Å². The number of nitrogens with zero attached hydrogens (tertiary/aromatic N) is 2. The topological polar surface area (TPSA) is 39.1 Å². The van der Waals surface area contributed by atoms with Crippen LogP contribution in [-0.2, 0) is 12.6 Å². The monoisotopic (exact) mass is 269 g/mol. The Hall–Kier alpha value is -1.81. The summed E-state index contributed by atoms with van der Waals surface area (Å²) in [6, 6.07) is 6.42. The van der Waals surface area contributed by atoms with Crippen molar-refractivity contribution in [3.8, 4) is 17.0 Å². The van der Waals surface area contributed by atoms with Crippen LogP contribution in [0.4, 0.5) is 0 Å². The van der Waals surface area contributed by atoms with Gasteiger partial charge in [-0.3, -0.25) is 4.68 Å². The highest BCUT2D eigenvalue weighted by Crippen LogP contribution is 2.48. The van der Waals surface area contributed by atoms with Crippen molar-refractivity contribution in [2.45, 2.75) is 25.4 Å². The Morgan fingerprint density at radius 1 is 1.30 bits per heavy atom. The van der Waals surface area contributed by atoms with Gasteiger partial charge in [-0.05, 0) is 32.1 Å². The zero-order chi connectivity index (χ0) is 13.7. The maximum atomic E-state index is 6.46. The molecular weight excluding hydrogens is 250 g/mol. The number of piperidine rings is 1. The summed E-state index contributed by atoms with van der Waals surface area (Å²) >= 11 is 0. The van der Waals surface area contributed by atoms with Crippen LogP contribution in [0, 0.1) is 6.92 Å². The van der Waals surface area contributed by atoms with E-state index in [2.05, 4.69) is 35.5 Å². The second kappa shape index (κ2) is 4.09. The smallest absolute Gasteiger partial charge is 0.140 e. The summed E-state index contributed by atoms with van der Waals surface area (Å²) in [7, 11) is 2.02. The first kappa shape index (κ1) is 12.0. The lowest BCUT2D eigenvalue weighted by molar-refractivity contribution is 0.0306. The van der Waals surface area contributed by atoms with Gasteiger partial charge >= 0.3 is 0 Å². The zero-order valence-electron chi connectivity index (χ0n) is 11.9. The summed E-state index contributed by atoms with van der Waals surface area (Å²) in [5, 5.41) is 7.91. The minimum absolute atomic E-state index is 0.197. The molecular formula is C16H19N3O. The number of nitrogens with one attached hydrogen (secondary N) is 1. The Kier molecular flexibility index (Phi) is 2.45. The average Bonchev–Trinajstić information content (AvgIpc) is 2.85. The third-order valence-corrected chi connectivity index (χ3v) is 4.54. The van der Waals surface area contributed by atoms with Crippen molar-refractivity contribution in [3.05, 3.63) is 35.5 Å². The predicted octanol–water partition coefficient (Wildman–Crippen LogP) is 2.37. The summed E-state index contributed by atoms with van der Waals surface area (Å²) in [4.78, 5) is 0. The second-order valence-corrected chi connectivity index (χ2v) is 5.88. The number of rotatable bonds is 0. The van der Waals surface area contributed by atoms with E-state index in [1.54, 1.807) is 0 Å². The van der Waals surface area contributed by atoms with E-state index in [9.17, 15) is 0 Å². The number of hydrogen-bond donors (Lipinski definition) is 1. The molecule has 0 radical (unpaired) electrons. The number of hydrogen-bond acceptors (Lipinski definition) is 3. The number of aryl methyl sites for hydroxylation is 2. The molecule has 1 N–H and O–H groups in total. The number of benzene rings is 1. The van der Waals surface area contributed by atoms with Gasteiger partial charge in [-0.25, -0.2) is 0 Å². The Balaban J connectivity index is 1.96. The standard InChI is InChI=1S/C16H19N3O/c1-11-3-4-14-12(9-11)15-13(10-18-19(15)2)16(20-14)5-7-17-8-6-16/h3-4,9-10,17H,5-8H2,1-2H3. The van der Waals surface area contributed by atoms with Crippen LogP contribution < -0.4 is 10.1 Å². The summed E-state index contributed by atoms with van der Waals surface area (Å²) in [5.74, 6) is 0.994. The average molecular weight is 269 g/mol. The van der Waals surface area contributed by atoms with E-state index in [1.165, 1.54) is 22.4 Å². The van der Waals surface area contributed by atoms with Crippen LogP contribution in [0.3, 0.4) is 0 Å². The van der Waals surface area contributed by atoms with E-state index in [0.29, 0.717) is 0 Å². The normalized spacial score (nSPS) is 19.3. The molecule has 2 aromatic rings. The summed E-state index contributed by atoms with van der Waals surface area (Å²) < 4.78 is 8.45. The van der Waals surface area contributed by atoms with Gasteiger partial charge in [-0.1, -0.05) is 11.6 Å². The van der Waals surface area contributed by atoms with Gasteiger partial charge in [0.15, 0.2) is 0 Å². The second-order valence-electron chi connectivity index (χ2n) is 5.88. The van der Waals surface area contributed by atoms with Crippen molar-refractivity contribution in [2.24, 2.45) is 7.05 Å². The number of aromatic nitrogens is 2. The van der Waals surface area contributed by atoms with Crippen LogP contribution in [0.25, 0.3) is 11.3 Å². The Morgan fingerprint density at radius 3 is 2.90 bits per heavy atom. The first-order chi connectivity index (χ1) is 9.70. The lowest BCUT2D eigenvalue weighted by Gasteiger charge is -2.41. The summed E-state index contributed by atoms with van der Waals surface area (Å²) in [6.07, 6.45) is 3.99. The molecule has 20 heavy (non-hydrogen) atoms. The molecule has 1 fully saturated rings. The number of fused-ring (bicyclic) bond motifs is 4. The molecule has 104 valence electrons. The predicted molar refractivity (Wildman–Crippen MR) is 77.8 cm³/mol. The van der Waals surface area contributed by atoms with E-state index in [-0.39, 0.29) is 5.60 Å². The minimum atomic E-state index is -0.197. The van der Waals surface area contributed by atoms with E-state index in [0.717, 1.165) is 31.7 Å². The van der Waals surface area contributed by atoms with Crippen molar-refractivity contribution in [3.63, 3.8) is 0 Å². The Labute approximate surface area is 118 Å². The van der Waals surface area contributed by atoms with Crippen LogP contribution in [0.1, 0.15) is 24.0 Å². The summed E-state index contributed by atoms with van der Waals surface area (Å²) in [5.41, 5.74) is 4.69. The van der Waals surface area contributed by atoms with Gasteiger partial charge in [0, 0.05) is 31.0 Å². The van der Waals surface area contributed by atoms with Crippen molar-refractivity contribution in [2.75, 3.05) is 13.1 Å². The quantitative estimate of drug-likeness (QED) is 0.798. The summed E-state index contributed by atoms with van der Waals surface area (Å²) in [6.45, 7) is 4.11. The molecule has 0 saturated carbocycles. The SMILES string of the molecule is Cc1ccc2c(c1)-c1c(cnn1C)C1(CCNCC1)O2. The van der Waals surface area contributed by atoms with Crippen LogP contribution in [0.2, 0.25) is 0 Å². The molecule has 4 nitrogen and oxygen atoms in total. The van der Waals surface area contributed by atoms with Gasteiger partial charge in [0.2, 0.25) is 0 Å². The fourth-order valence-electron chi connectivity index (χ4n) is 3.48. The fraction of sp³-hybridized carbons (Fsp3) is 0.438. The van der Waals surface area contributed by atoms with Gasteiger partial charge < -0.3 is 10.1 Å². The van der Waals surface area contributed by atoms with Gasteiger partial charge in [0.1, 0.15) is 11.4 Å². The van der Waals surface area contributed by atoms with Crippen molar-refractivity contribution >= 4 is 0 Å². The molecule has 1 spiro atoms. The largest absolute Gasteiger partial charge is 0.482 e. The highest BCUT2D eigenvalue weighted by atomic mass is 16.5. The third kappa shape index (κ3) is 1.54. The van der Waals surface area contributed by atoms with E-state index in [4.69, 9.17) is 4.74 Å². The molecule has 0 unspecified atom stereocenters. The molecule has 4 heteroatoms. The van der Waals surface area contributed by atoms with Crippen molar-refractivity contribution in [1.82, 2.24) is 15.1 Å². The van der Waals surface area contributed by atoms with E-state index < -0.39 is 0 Å². The van der Waals surface area contributed by atoms with Crippen molar-refractivity contribution in [1.29, 1.82) is 0 Å². The maximum absolute atomic E-state index is 6.46. The zero-order valence-corrected chi connectivity index (χ0v) is 11.9. The molecule has 1 aromatic carbocycles. The molecule has 1 aromatic heterocycles. The first-order valence-corrected chi connectivity index (χ1v) is 7.23. The molecule has 0 atom stereocenters. The van der Waals surface area contributed by atoms with Gasteiger partial charge in [-0.2, -0.15) is 5.10 Å². The molecule has 0 bridgehead atoms.